The molecule has 0 aromatic rings. The zero-order valence-corrected chi connectivity index (χ0v) is 7.74. The quantitative estimate of drug-likeness (QED) is 0.626. The molecule has 2 aliphatic rings. The van der Waals surface area contributed by atoms with Crippen LogP contribution in [0.5, 0.6) is 0 Å². The first-order valence-corrected chi connectivity index (χ1v) is 4.87. The van der Waals surface area contributed by atoms with E-state index in [9.17, 15) is 4.79 Å². The monoisotopic (exact) mass is 184 g/mol. The summed E-state index contributed by atoms with van der Waals surface area (Å²) in [5.74, 6) is 1.38. The van der Waals surface area contributed by atoms with Crippen molar-refractivity contribution in [3.8, 4) is 0 Å². The third-order valence-corrected chi connectivity index (χ3v) is 2.95. The molecule has 2 aliphatic heterocycles. The van der Waals surface area contributed by atoms with Crippen LogP contribution in [0.25, 0.3) is 0 Å². The van der Waals surface area contributed by atoms with E-state index in [1.807, 2.05) is 4.90 Å². The lowest BCUT2D eigenvalue weighted by molar-refractivity contribution is -0.130. The molecule has 0 spiro atoms. The summed E-state index contributed by atoms with van der Waals surface area (Å²) in [4.78, 5) is 13.4. The summed E-state index contributed by atoms with van der Waals surface area (Å²) in [5.41, 5.74) is 5.34. The van der Waals surface area contributed by atoms with E-state index in [-0.39, 0.29) is 5.91 Å². The van der Waals surface area contributed by atoms with Gasteiger partial charge in [-0.25, -0.2) is 0 Å². The maximum atomic E-state index is 11.5. The van der Waals surface area contributed by atoms with Gasteiger partial charge in [-0.3, -0.25) is 4.79 Å². The van der Waals surface area contributed by atoms with Gasteiger partial charge < -0.3 is 15.4 Å². The van der Waals surface area contributed by atoms with Crippen molar-refractivity contribution < 1.29 is 9.53 Å². The average molecular weight is 184 g/mol. The van der Waals surface area contributed by atoms with Crippen molar-refractivity contribution in [3.05, 3.63) is 0 Å². The van der Waals surface area contributed by atoms with E-state index in [0.717, 1.165) is 26.3 Å². The highest BCUT2D eigenvalue weighted by molar-refractivity contribution is 5.76. The number of nitrogens with two attached hydrogens (primary N) is 1. The molecule has 0 unspecified atom stereocenters. The molecule has 2 fully saturated rings. The summed E-state index contributed by atoms with van der Waals surface area (Å²) in [7, 11) is 0. The fourth-order valence-electron chi connectivity index (χ4n) is 2.17. The van der Waals surface area contributed by atoms with Crippen LogP contribution >= 0.6 is 0 Å². The van der Waals surface area contributed by atoms with Gasteiger partial charge in [0.15, 0.2) is 0 Å². The van der Waals surface area contributed by atoms with Crippen molar-refractivity contribution in [3.63, 3.8) is 0 Å². The Morgan fingerprint density at radius 2 is 2.00 bits per heavy atom. The molecule has 0 aliphatic carbocycles. The lowest BCUT2D eigenvalue weighted by Gasteiger charge is -2.16. The lowest BCUT2D eigenvalue weighted by atomic mass is 10.0. The van der Waals surface area contributed by atoms with E-state index < -0.39 is 0 Å². The topological polar surface area (TPSA) is 55.6 Å². The molecule has 13 heavy (non-hydrogen) atoms. The molecule has 2 atom stereocenters. The molecule has 2 N–H and O–H groups in total. The SMILES string of the molecule is NCCC(=O)N1C[C@@H]2COC[C@H]2C1. The maximum absolute atomic E-state index is 11.5. The number of carbonyl (C=O) groups excluding carboxylic acids is 1. The minimum absolute atomic E-state index is 0.205. The van der Waals surface area contributed by atoms with Gasteiger partial charge in [-0.15, -0.1) is 0 Å². The molecule has 2 saturated heterocycles. The molecule has 4 nitrogen and oxygen atoms in total. The zero-order valence-electron chi connectivity index (χ0n) is 7.74. The second kappa shape index (κ2) is 3.64. The van der Waals surface area contributed by atoms with Crippen molar-refractivity contribution in [1.29, 1.82) is 0 Å². The summed E-state index contributed by atoms with van der Waals surface area (Å²) in [6.45, 7) is 3.88. The van der Waals surface area contributed by atoms with Crippen LogP contribution in [0, 0.1) is 11.8 Å². The molecular formula is C9H16N2O2. The van der Waals surface area contributed by atoms with Crippen molar-refractivity contribution in [2.45, 2.75) is 6.42 Å². The maximum Gasteiger partial charge on any atom is 0.223 e. The average Bonchev–Trinajstić information content (AvgIpc) is 2.61. The number of rotatable bonds is 2. The highest BCUT2D eigenvalue weighted by Gasteiger charge is 2.38. The van der Waals surface area contributed by atoms with Gasteiger partial charge in [-0.1, -0.05) is 0 Å². The zero-order chi connectivity index (χ0) is 9.26. The number of nitrogens with zero attached hydrogens (tertiary/aromatic N) is 1. The summed E-state index contributed by atoms with van der Waals surface area (Å²) < 4.78 is 5.34. The number of hydrogen-bond donors (Lipinski definition) is 1. The third kappa shape index (κ3) is 1.69. The van der Waals surface area contributed by atoms with Gasteiger partial charge in [-0.05, 0) is 0 Å². The van der Waals surface area contributed by atoms with E-state index in [2.05, 4.69) is 0 Å². The Labute approximate surface area is 78.0 Å². The highest BCUT2D eigenvalue weighted by atomic mass is 16.5. The van der Waals surface area contributed by atoms with Crippen LogP contribution in [-0.4, -0.2) is 43.7 Å². The summed E-state index contributed by atoms with van der Waals surface area (Å²) in [5, 5.41) is 0. The van der Waals surface area contributed by atoms with E-state index >= 15 is 0 Å². The van der Waals surface area contributed by atoms with Gasteiger partial charge >= 0.3 is 0 Å². The fourth-order valence-corrected chi connectivity index (χ4v) is 2.17. The van der Waals surface area contributed by atoms with Crippen LogP contribution in [0.15, 0.2) is 0 Å². The molecule has 4 heteroatoms. The number of fused-ring (bicyclic) bond motifs is 1. The molecular weight excluding hydrogens is 168 g/mol. The van der Waals surface area contributed by atoms with E-state index in [1.165, 1.54) is 0 Å². The van der Waals surface area contributed by atoms with Gasteiger partial charge in [0.05, 0.1) is 13.2 Å². The Morgan fingerprint density at radius 3 is 2.54 bits per heavy atom. The van der Waals surface area contributed by atoms with E-state index in [0.29, 0.717) is 24.8 Å². The summed E-state index contributed by atoms with van der Waals surface area (Å²) in [6.07, 6.45) is 0.486. The normalized spacial score (nSPS) is 32.2. The second-order valence-corrected chi connectivity index (χ2v) is 3.90. The van der Waals surface area contributed by atoms with Crippen molar-refractivity contribution in [2.75, 3.05) is 32.8 Å². The van der Waals surface area contributed by atoms with Crippen LogP contribution < -0.4 is 5.73 Å². The fraction of sp³-hybridized carbons (Fsp3) is 0.889. The lowest BCUT2D eigenvalue weighted by Crippen LogP contribution is -2.31. The first-order valence-electron chi connectivity index (χ1n) is 4.87. The van der Waals surface area contributed by atoms with Gasteiger partial charge in [0, 0.05) is 37.9 Å². The first-order chi connectivity index (χ1) is 6.31. The summed E-state index contributed by atoms with van der Waals surface area (Å²) in [6, 6.07) is 0. The van der Waals surface area contributed by atoms with E-state index in [4.69, 9.17) is 10.5 Å². The van der Waals surface area contributed by atoms with Crippen molar-refractivity contribution in [1.82, 2.24) is 4.90 Å². The molecule has 0 saturated carbocycles. The molecule has 0 bridgehead atoms. The minimum atomic E-state index is 0.205. The Morgan fingerprint density at radius 1 is 1.38 bits per heavy atom. The molecule has 2 rings (SSSR count). The van der Waals surface area contributed by atoms with Crippen LogP contribution in [0.4, 0.5) is 0 Å². The van der Waals surface area contributed by atoms with Crippen molar-refractivity contribution >= 4 is 5.91 Å². The van der Waals surface area contributed by atoms with Crippen LogP contribution in [0.2, 0.25) is 0 Å². The first kappa shape index (κ1) is 8.97. The van der Waals surface area contributed by atoms with Crippen molar-refractivity contribution in [2.24, 2.45) is 17.6 Å². The highest BCUT2D eigenvalue weighted by Crippen LogP contribution is 2.29. The standard InChI is InChI=1S/C9H16N2O2/c10-2-1-9(12)11-3-7-5-13-6-8(7)4-11/h7-8H,1-6,10H2/t7-,8-/m1/s1. The third-order valence-electron chi connectivity index (χ3n) is 2.95. The number of ether oxygens (including phenoxy) is 1. The molecule has 0 radical (unpaired) electrons. The Kier molecular flexibility index (Phi) is 2.51. The molecule has 0 aromatic carbocycles. The van der Waals surface area contributed by atoms with Gasteiger partial charge in [0.2, 0.25) is 5.91 Å². The van der Waals surface area contributed by atoms with E-state index in [1.54, 1.807) is 0 Å². The number of likely N-dealkylation sites (tertiary alicyclic amines) is 1. The van der Waals surface area contributed by atoms with Crippen LogP contribution in [0.1, 0.15) is 6.42 Å². The Balaban J connectivity index is 1.87. The van der Waals surface area contributed by atoms with Gasteiger partial charge in [-0.2, -0.15) is 0 Å². The minimum Gasteiger partial charge on any atom is -0.381 e. The molecule has 74 valence electrons. The van der Waals surface area contributed by atoms with Gasteiger partial charge in [0.25, 0.3) is 0 Å². The van der Waals surface area contributed by atoms with Crippen LogP contribution in [0.3, 0.4) is 0 Å². The Hall–Kier alpha value is -0.610. The smallest absolute Gasteiger partial charge is 0.223 e. The predicted molar refractivity (Wildman–Crippen MR) is 48.1 cm³/mol. The molecule has 1 amide bonds. The van der Waals surface area contributed by atoms with Crippen LogP contribution in [-0.2, 0) is 9.53 Å². The number of amides is 1. The Bertz CT molecular complexity index is 196. The molecule has 0 aromatic heterocycles. The predicted octanol–water partition coefficient (Wildman–Crippen LogP) is -0.560. The number of carbonyl (C=O) groups is 1. The summed E-state index contributed by atoms with van der Waals surface area (Å²) >= 11 is 0. The second-order valence-electron chi connectivity index (χ2n) is 3.90. The number of hydrogen-bond acceptors (Lipinski definition) is 3. The largest absolute Gasteiger partial charge is 0.381 e. The molecule has 2 heterocycles. The van der Waals surface area contributed by atoms with Gasteiger partial charge in [0.1, 0.15) is 0 Å².